The molecule has 0 aliphatic carbocycles. The Balaban J connectivity index is 1.78. The zero-order chi connectivity index (χ0) is 21.5. The van der Waals surface area contributed by atoms with Gasteiger partial charge in [-0.1, -0.05) is 0 Å². The summed E-state index contributed by atoms with van der Waals surface area (Å²) in [6, 6.07) is 37.4. The Bertz CT molecular complexity index is 1010. The molecule has 0 saturated heterocycles. The summed E-state index contributed by atoms with van der Waals surface area (Å²) < 4.78 is 5.14. The monoisotopic (exact) mass is 446 g/mol. The second kappa shape index (κ2) is 10.0. The van der Waals surface area contributed by atoms with Crippen LogP contribution >= 0.6 is 18.6 Å². The standard InChI is InChI=1S/C27H27O2PS/c1-22(28)29-20-19-26-17-18-27(31-26)21-30(23-11-5-2-6-12-23,24-13-7-3-8-14-24)25-15-9-4-10-16-25/h2-18,30H,19-21H2,1H3. The Labute approximate surface area is 188 Å². The van der Waals surface area contributed by atoms with Gasteiger partial charge in [0, 0.05) is 0 Å². The predicted molar refractivity (Wildman–Crippen MR) is 135 cm³/mol. The van der Waals surface area contributed by atoms with E-state index in [1.165, 1.54) is 32.6 Å². The van der Waals surface area contributed by atoms with Gasteiger partial charge in [-0.3, -0.25) is 0 Å². The Morgan fingerprint density at radius 2 is 1.16 bits per heavy atom. The number of esters is 1. The van der Waals surface area contributed by atoms with Crippen LogP contribution in [0.2, 0.25) is 0 Å². The van der Waals surface area contributed by atoms with Crippen molar-refractivity contribution in [1.29, 1.82) is 0 Å². The predicted octanol–water partition coefficient (Wildman–Crippen LogP) is 5.08. The summed E-state index contributed by atoms with van der Waals surface area (Å²) in [5.74, 6) is -0.222. The summed E-state index contributed by atoms with van der Waals surface area (Å²) in [5, 5.41) is 4.26. The van der Waals surface area contributed by atoms with E-state index < -0.39 is 7.26 Å². The van der Waals surface area contributed by atoms with Crippen molar-refractivity contribution in [3.8, 4) is 0 Å². The normalized spacial score (nSPS) is 11.8. The number of ether oxygens (including phenoxy) is 1. The SMILES string of the molecule is CC(=O)OCCc1ccc(C[PH](c2ccccc2)(c2ccccc2)c2ccccc2)s1. The Morgan fingerprint density at radius 1 is 0.710 bits per heavy atom. The maximum atomic E-state index is 11.1. The summed E-state index contributed by atoms with van der Waals surface area (Å²) in [7, 11) is -2.28. The van der Waals surface area contributed by atoms with Gasteiger partial charge < -0.3 is 0 Å². The zero-order valence-corrected chi connectivity index (χ0v) is 19.5. The van der Waals surface area contributed by atoms with Gasteiger partial charge in [0.2, 0.25) is 0 Å². The number of rotatable bonds is 8. The number of carbonyl (C=O) groups excluding carboxylic acids is 1. The fourth-order valence-corrected chi connectivity index (χ4v) is 10.5. The molecule has 0 spiro atoms. The zero-order valence-electron chi connectivity index (χ0n) is 17.7. The van der Waals surface area contributed by atoms with Crippen LogP contribution in [0.4, 0.5) is 0 Å². The first-order chi connectivity index (χ1) is 15.2. The van der Waals surface area contributed by atoms with Gasteiger partial charge in [0.15, 0.2) is 0 Å². The first-order valence-corrected chi connectivity index (χ1v) is 13.6. The molecule has 2 nitrogen and oxygen atoms in total. The van der Waals surface area contributed by atoms with Gasteiger partial charge in [-0.25, -0.2) is 0 Å². The van der Waals surface area contributed by atoms with E-state index in [-0.39, 0.29) is 5.97 Å². The van der Waals surface area contributed by atoms with Crippen LogP contribution < -0.4 is 15.9 Å². The second-order valence-electron chi connectivity index (χ2n) is 7.64. The first-order valence-electron chi connectivity index (χ1n) is 10.6. The fraction of sp³-hybridized carbons (Fsp3) is 0.148. The van der Waals surface area contributed by atoms with Crippen LogP contribution in [0.15, 0.2) is 103 Å². The minimum absolute atomic E-state index is 0.222. The molecule has 158 valence electrons. The van der Waals surface area contributed by atoms with Crippen molar-refractivity contribution in [3.63, 3.8) is 0 Å². The molecule has 0 aliphatic heterocycles. The van der Waals surface area contributed by atoms with E-state index in [1.54, 1.807) is 0 Å². The average Bonchev–Trinajstić information content (AvgIpc) is 3.26. The van der Waals surface area contributed by atoms with Crippen LogP contribution in [-0.2, 0) is 22.1 Å². The summed E-state index contributed by atoms with van der Waals surface area (Å²) in [5.41, 5.74) is 0. The topological polar surface area (TPSA) is 26.3 Å². The van der Waals surface area contributed by atoms with Gasteiger partial charge in [0.1, 0.15) is 0 Å². The van der Waals surface area contributed by atoms with E-state index in [0.29, 0.717) is 6.61 Å². The van der Waals surface area contributed by atoms with Crippen LogP contribution in [0.1, 0.15) is 16.7 Å². The van der Waals surface area contributed by atoms with Gasteiger partial charge in [0.05, 0.1) is 0 Å². The number of benzene rings is 3. The maximum absolute atomic E-state index is 11.1. The van der Waals surface area contributed by atoms with Crippen LogP contribution in [0.25, 0.3) is 0 Å². The number of thiophene rings is 1. The van der Waals surface area contributed by atoms with Crippen molar-refractivity contribution in [3.05, 3.63) is 113 Å². The van der Waals surface area contributed by atoms with Crippen molar-refractivity contribution in [2.75, 3.05) is 6.61 Å². The number of hydrogen-bond acceptors (Lipinski definition) is 3. The molecule has 0 fully saturated rings. The molecule has 0 unspecified atom stereocenters. The fourth-order valence-electron chi connectivity index (χ4n) is 4.18. The Hall–Kier alpha value is -2.74. The van der Waals surface area contributed by atoms with Gasteiger partial charge >= 0.3 is 189 Å². The summed E-state index contributed by atoms with van der Waals surface area (Å²) in [6.07, 6.45) is 1.77. The molecular formula is C27H27O2PS. The molecule has 4 heteroatoms. The molecule has 1 aromatic heterocycles. The summed E-state index contributed by atoms with van der Waals surface area (Å²) in [6.45, 7) is 1.90. The van der Waals surface area contributed by atoms with E-state index in [1.807, 2.05) is 11.3 Å². The molecule has 0 amide bonds. The van der Waals surface area contributed by atoms with Crippen LogP contribution in [0.3, 0.4) is 0 Å². The molecule has 0 atom stereocenters. The molecule has 0 saturated carbocycles. The Morgan fingerprint density at radius 3 is 1.61 bits per heavy atom. The third kappa shape index (κ3) is 4.95. The quantitative estimate of drug-likeness (QED) is 0.279. The molecule has 0 aliphatic rings. The van der Waals surface area contributed by atoms with Gasteiger partial charge in [-0.2, -0.15) is 0 Å². The van der Waals surface area contributed by atoms with Crippen molar-refractivity contribution < 1.29 is 9.53 Å². The van der Waals surface area contributed by atoms with E-state index in [0.717, 1.165) is 12.6 Å². The molecule has 1 heterocycles. The van der Waals surface area contributed by atoms with Gasteiger partial charge in [-0.05, 0) is 0 Å². The van der Waals surface area contributed by atoms with Crippen molar-refractivity contribution in [2.45, 2.75) is 19.5 Å². The average molecular weight is 447 g/mol. The van der Waals surface area contributed by atoms with E-state index in [9.17, 15) is 4.79 Å². The third-order valence-corrected chi connectivity index (χ3v) is 11.9. The molecule has 31 heavy (non-hydrogen) atoms. The number of carbonyl (C=O) groups is 1. The molecule has 0 bridgehead atoms. The van der Waals surface area contributed by atoms with E-state index in [2.05, 4.69) is 103 Å². The van der Waals surface area contributed by atoms with Crippen molar-refractivity contribution in [2.24, 2.45) is 0 Å². The molecule has 0 radical (unpaired) electrons. The van der Waals surface area contributed by atoms with Crippen LogP contribution in [0, 0.1) is 0 Å². The van der Waals surface area contributed by atoms with Crippen LogP contribution in [-0.4, -0.2) is 12.6 Å². The van der Waals surface area contributed by atoms with Gasteiger partial charge in [-0.15, -0.1) is 0 Å². The Kier molecular flexibility index (Phi) is 6.96. The van der Waals surface area contributed by atoms with Crippen LogP contribution in [0.5, 0.6) is 0 Å². The summed E-state index contributed by atoms with van der Waals surface area (Å²) in [4.78, 5) is 13.7. The first kappa shape index (κ1) is 21.5. The van der Waals surface area contributed by atoms with E-state index >= 15 is 0 Å². The molecule has 4 aromatic rings. The van der Waals surface area contributed by atoms with E-state index in [4.69, 9.17) is 4.74 Å². The molecule has 3 aromatic carbocycles. The second-order valence-corrected chi connectivity index (χ2v) is 12.8. The third-order valence-electron chi connectivity index (χ3n) is 5.61. The minimum atomic E-state index is -2.28. The van der Waals surface area contributed by atoms with Crippen molar-refractivity contribution in [1.82, 2.24) is 0 Å². The molecular weight excluding hydrogens is 419 g/mol. The van der Waals surface area contributed by atoms with Crippen molar-refractivity contribution >= 4 is 40.5 Å². The number of hydrogen-bond donors (Lipinski definition) is 0. The van der Waals surface area contributed by atoms with Gasteiger partial charge in [0.25, 0.3) is 0 Å². The molecule has 0 N–H and O–H groups in total. The summed E-state index contributed by atoms with van der Waals surface area (Å²) >= 11 is 1.84. The molecule has 4 rings (SSSR count).